The number of anilines is 1. The van der Waals surface area contributed by atoms with Crippen LogP contribution in [0.1, 0.15) is 16.7 Å². The minimum atomic E-state index is -1.02. The van der Waals surface area contributed by atoms with E-state index in [0.29, 0.717) is 5.69 Å². The van der Waals surface area contributed by atoms with Crippen molar-refractivity contribution < 1.29 is 24.4 Å². The van der Waals surface area contributed by atoms with Crippen LogP contribution in [0, 0.1) is 24.0 Å². The molecule has 0 saturated carbocycles. The van der Waals surface area contributed by atoms with E-state index in [0.717, 1.165) is 23.4 Å². The van der Waals surface area contributed by atoms with E-state index in [4.69, 9.17) is 4.74 Å². The average molecular weight is 386 g/mol. The molecule has 0 aromatic heterocycles. The molecule has 0 aliphatic rings. The van der Waals surface area contributed by atoms with Gasteiger partial charge in [-0.2, -0.15) is 5.10 Å². The summed E-state index contributed by atoms with van der Waals surface area (Å²) >= 11 is 0. The molecule has 0 bridgehead atoms. The molecule has 10 heteroatoms. The maximum absolute atomic E-state index is 11.9. The third kappa shape index (κ3) is 4.81. The van der Waals surface area contributed by atoms with Gasteiger partial charge in [0.1, 0.15) is 0 Å². The minimum absolute atomic E-state index is 0.130. The number of phenols is 1. The molecule has 0 heterocycles. The summed E-state index contributed by atoms with van der Waals surface area (Å²) in [5.74, 6) is -2.69. The number of aromatic hydroxyl groups is 1. The van der Waals surface area contributed by atoms with Crippen LogP contribution in [0.3, 0.4) is 0 Å². The van der Waals surface area contributed by atoms with Gasteiger partial charge in [-0.3, -0.25) is 19.7 Å². The summed E-state index contributed by atoms with van der Waals surface area (Å²) in [4.78, 5) is 33.9. The highest BCUT2D eigenvalue weighted by molar-refractivity contribution is 6.39. The van der Waals surface area contributed by atoms with Gasteiger partial charge >= 0.3 is 17.5 Å². The molecule has 0 saturated heterocycles. The van der Waals surface area contributed by atoms with E-state index in [1.807, 2.05) is 25.3 Å². The third-order valence-electron chi connectivity index (χ3n) is 3.84. The van der Waals surface area contributed by atoms with E-state index < -0.39 is 28.2 Å². The molecule has 0 atom stereocenters. The first-order valence-corrected chi connectivity index (χ1v) is 8.00. The zero-order chi connectivity index (χ0) is 20.8. The lowest BCUT2D eigenvalue weighted by atomic mass is 10.1. The van der Waals surface area contributed by atoms with Crippen LogP contribution < -0.4 is 15.5 Å². The van der Waals surface area contributed by atoms with Crippen molar-refractivity contribution in [1.82, 2.24) is 5.43 Å². The highest BCUT2D eigenvalue weighted by Gasteiger charge is 2.19. The van der Waals surface area contributed by atoms with Gasteiger partial charge in [0, 0.05) is 17.3 Å². The number of hydrogen-bond acceptors (Lipinski definition) is 7. The smallest absolute Gasteiger partial charge is 0.329 e. The van der Waals surface area contributed by atoms with E-state index in [9.17, 15) is 24.8 Å². The normalized spacial score (nSPS) is 10.5. The Kier molecular flexibility index (Phi) is 6.27. The predicted molar refractivity (Wildman–Crippen MR) is 102 cm³/mol. The summed E-state index contributed by atoms with van der Waals surface area (Å²) in [7, 11) is 1.23. The Hall–Kier alpha value is -3.95. The zero-order valence-corrected chi connectivity index (χ0v) is 15.3. The lowest BCUT2D eigenvalue weighted by molar-refractivity contribution is -0.386. The molecule has 2 aromatic carbocycles. The van der Waals surface area contributed by atoms with Crippen molar-refractivity contribution >= 4 is 29.4 Å². The molecule has 0 spiro atoms. The van der Waals surface area contributed by atoms with Gasteiger partial charge in [0.2, 0.25) is 5.75 Å². The van der Waals surface area contributed by atoms with E-state index >= 15 is 0 Å². The number of carbonyl (C=O) groups excluding carboxylic acids is 2. The average Bonchev–Trinajstić information content (AvgIpc) is 2.65. The lowest BCUT2D eigenvalue weighted by Crippen LogP contribution is -2.32. The van der Waals surface area contributed by atoms with Gasteiger partial charge in [-0.05, 0) is 43.2 Å². The molecule has 0 radical (unpaired) electrons. The number of benzene rings is 2. The zero-order valence-electron chi connectivity index (χ0n) is 15.3. The molecule has 3 N–H and O–H groups in total. The minimum Gasteiger partial charge on any atom is -0.500 e. The highest BCUT2D eigenvalue weighted by atomic mass is 16.6. The highest BCUT2D eigenvalue weighted by Crippen LogP contribution is 2.36. The van der Waals surface area contributed by atoms with Crippen LogP contribution in [-0.4, -0.2) is 35.2 Å². The Morgan fingerprint density at radius 3 is 2.50 bits per heavy atom. The van der Waals surface area contributed by atoms with Crippen LogP contribution >= 0.6 is 0 Å². The summed E-state index contributed by atoms with van der Waals surface area (Å²) in [6.07, 6.45) is 1.08. The Morgan fingerprint density at radius 1 is 1.18 bits per heavy atom. The SMILES string of the molecule is COc1cc(/C=N\NC(=O)C(=O)Nc2ccc(C)c(C)c2)cc([N+](=O)[O-])c1O. The fourth-order valence-electron chi connectivity index (χ4n) is 2.21. The molecular weight excluding hydrogens is 368 g/mol. The molecule has 146 valence electrons. The van der Waals surface area contributed by atoms with Crippen molar-refractivity contribution in [2.75, 3.05) is 12.4 Å². The number of nitro groups is 1. The number of nitrogens with one attached hydrogen (secondary N) is 2. The maximum atomic E-state index is 11.9. The molecule has 2 amide bonds. The molecule has 0 fully saturated rings. The van der Waals surface area contributed by atoms with Gasteiger partial charge in [0.25, 0.3) is 0 Å². The number of nitro benzene ring substituents is 1. The van der Waals surface area contributed by atoms with Crippen molar-refractivity contribution in [3.05, 3.63) is 57.1 Å². The van der Waals surface area contributed by atoms with Gasteiger partial charge in [-0.15, -0.1) is 0 Å². The van der Waals surface area contributed by atoms with Gasteiger partial charge in [-0.25, -0.2) is 5.43 Å². The first-order valence-electron chi connectivity index (χ1n) is 8.00. The second-order valence-corrected chi connectivity index (χ2v) is 5.80. The topological polar surface area (TPSA) is 143 Å². The summed E-state index contributed by atoms with van der Waals surface area (Å²) in [6, 6.07) is 7.53. The van der Waals surface area contributed by atoms with Crippen molar-refractivity contribution in [3.63, 3.8) is 0 Å². The van der Waals surface area contributed by atoms with Gasteiger partial charge < -0.3 is 15.2 Å². The molecule has 28 heavy (non-hydrogen) atoms. The number of ether oxygens (including phenoxy) is 1. The summed E-state index contributed by atoms with van der Waals surface area (Å²) < 4.78 is 4.86. The van der Waals surface area contributed by atoms with Crippen LogP contribution in [0.25, 0.3) is 0 Å². The quantitative estimate of drug-likeness (QED) is 0.310. The van der Waals surface area contributed by atoms with Crippen molar-refractivity contribution in [3.8, 4) is 11.5 Å². The largest absolute Gasteiger partial charge is 0.500 e. The predicted octanol–water partition coefficient (Wildman–Crippen LogP) is 2.01. The molecule has 0 aliphatic carbocycles. The van der Waals surface area contributed by atoms with E-state index in [2.05, 4.69) is 10.4 Å². The first kappa shape index (κ1) is 20.4. The maximum Gasteiger partial charge on any atom is 0.329 e. The third-order valence-corrected chi connectivity index (χ3v) is 3.84. The molecule has 2 rings (SSSR count). The molecule has 0 aliphatic heterocycles. The Bertz CT molecular complexity index is 971. The number of phenolic OH excluding ortho intramolecular Hbond substituents is 1. The van der Waals surface area contributed by atoms with Crippen LogP contribution in [-0.2, 0) is 9.59 Å². The molecule has 10 nitrogen and oxygen atoms in total. The van der Waals surface area contributed by atoms with E-state index in [1.165, 1.54) is 13.2 Å². The first-order chi connectivity index (χ1) is 13.2. The summed E-state index contributed by atoms with van der Waals surface area (Å²) in [5.41, 5.74) is 4.08. The molecule has 2 aromatic rings. The van der Waals surface area contributed by atoms with Gasteiger partial charge in [0.15, 0.2) is 5.75 Å². The lowest BCUT2D eigenvalue weighted by Gasteiger charge is -2.07. The summed E-state index contributed by atoms with van der Waals surface area (Å²) in [6.45, 7) is 3.80. The summed E-state index contributed by atoms with van der Waals surface area (Å²) in [5, 5.41) is 26.7. The van der Waals surface area contributed by atoms with Crippen LogP contribution in [0.2, 0.25) is 0 Å². The standard InChI is InChI=1S/C18H18N4O6/c1-10-4-5-13(6-11(10)2)20-17(24)18(25)21-19-9-12-7-14(22(26)27)16(23)15(8-12)28-3/h4-9,23H,1-3H3,(H,20,24)(H,21,25)/b19-9-. The number of hydrazone groups is 1. The fraction of sp³-hybridized carbons (Fsp3) is 0.167. The van der Waals surface area contributed by atoms with Gasteiger partial charge in [-0.1, -0.05) is 6.07 Å². The number of aryl methyl sites for hydroxylation is 2. The second kappa shape index (κ2) is 8.62. The van der Waals surface area contributed by atoms with Crippen LogP contribution in [0.5, 0.6) is 11.5 Å². The monoisotopic (exact) mass is 386 g/mol. The van der Waals surface area contributed by atoms with E-state index in [1.54, 1.807) is 12.1 Å². The number of amides is 2. The number of methoxy groups -OCH3 is 1. The number of nitrogens with zero attached hydrogens (tertiary/aromatic N) is 2. The van der Waals surface area contributed by atoms with Crippen molar-refractivity contribution in [2.45, 2.75) is 13.8 Å². The second-order valence-electron chi connectivity index (χ2n) is 5.80. The van der Waals surface area contributed by atoms with E-state index in [-0.39, 0.29) is 11.3 Å². The molecule has 0 unspecified atom stereocenters. The number of carbonyl (C=O) groups is 2. The Morgan fingerprint density at radius 2 is 1.89 bits per heavy atom. The number of rotatable bonds is 5. The molecular formula is C18H18N4O6. The van der Waals surface area contributed by atoms with Crippen molar-refractivity contribution in [1.29, 1.82) is 0 Å². The van der Waals surface area contributed by atoms with Crippen LogP contribution in [0.15, 0.2) is 35.4 Å². The fourth-order valence-corrected chi connectivity index (χ4v) is 2.21. The number of hydrogen-bond donors (Lipinski definition) is 3. The Labute approximate surface area is 160 Å². The van der Waals surface area contributed by atoms with Crippen molar-refractivity contribution in [2.24, 2.45) is 5.10 Å². The van der Waals surface area contributed by atoms with Gasteiger partial charge in [0.05, 0.1) is 18.2 Å². The Balaban J connectivity index is 2.06. The van der Waals surface area contributed by atoms with Crippen LogP contribution in [0.4, 0.5) is 11.4 Å².